The third kappa shape index (κ3) is 5.16. The topological polar surface area (TPSA) is 71.4 Å². The minimum absolute atomic E-state index is 0.0236. The molecule has 0 unspecified atom stereocenters. The molecule has 15 heavy (non-hydrogen) atoms. The van der Waals surface area contributed by atoms with Gasteiger partial charge in [0, 0.05) is 6.42 Å². The number of hydrogen-bond acceptors (Lipinski definition) is 3. The van der Waals surface area contributed by atoms with Gasteiger partial charge in [-0.05, 0) is 25.2 Å². The van der Waals surface area contributed by atoms with Crippen LogP contribution < -0.4 is 0 Å². The highest BCUT2D eigenvalue weighted by molar-refractivity contribution is 7.91. The Balaban J connectivity index is 2.28. The van der Waals surface area contributed by atoms with Crippen molar-refractivity contribution >= 4 is 15.8 Å². The number of carboxylic acid groups (broad SMARTS) is 1. The molecule has 1 saturated carbocycles. The van der Waals surface area contributed by atoms with Crippen LogP contribution in [-0.4, -0.2) is 31.0 Å². The summed E-state index contributed by atoms with van der Waals surface area (Å²) in [5, 5.41) is 8.40. The first-order valence-electron chi connectivity index (χ1n) is 5.42. The van der Waals surface area contributed by atoms with Crippen molar-refractivity contribution in [1.82, 2.24) is 0 Å². The van der Waals surface area contributed by atoms with Gasteiger partial charge in [-0.25, -0.2) is 8.42 Å². The van der Waals surface area contributed by atoms with Crippen molar-refractivity contribution in [3.8, 4) is 0 Å². The van der Waals surface area contributed by atoms with Crippen LogP contribution in [0.25, 0.3) is 0 Å². The van der Waals surface area contributed by atoms with Crippen molar-refractivity contribution < 1.29 is 18.3 Å². The molecule has 0 saturated heterocycles. The molecular formula is C10H18O4S. The first-order chi connectivity index (χ1) is 6.99. The summed E-state index contributed by atoms with van der Waals surface area (Å²) in [6.07, 6.45) is 4.48. The summed E-state index contributed by atoms with van der Waals surface area (Å²) in [6, 6.07) is 0. The summed E-state index contributed by atoms with van der Waals surface area (Å²) in [4.78, 5) is 10.2. The van der Waals surface area contributed by atoms with Gasteiger partial charge >= 0.3 is 5.97 Å². The highest BCUT2D eigenvalue weighted by atomic mass is 32.2. The summed E-state index contributed by atoms with van der Waals surface area (Å²) >= 11 is 0. The van der Waals surface area contributed by atoms with Crippen LogP contribution in [-0.2, 0) is 14.6 Å². The Kier molecular flexibility index (Phi) is 4.57. The Morgan fingerprint density at radius 1 is 1.27 bits per heavy atom. The van der Waals surface area contributed by atoms with Crippen molar-refractivity contribution in [3.05, 3.63) is 0 Å². The molecule has 0 amide bonds. The highest BCUT2D eigenvalue weighted by Crippen LogP contribution is 2.26. The van der Waals surface area contributed by atoms with Crippen molar-refractivity contribution in [1.29, 1.82) is 0 Å². The predicted octanol–water partition coefficient (Wildman–Crippen LogP) is 1.46. The molecule has 4 nitrogen and oxygen atoms in total. The fourth-order valence-electron chi connectivity index (χ4n) is 2.06. The van der Waals surface area contributed by atoms with Crippen LogP contribution >= 0.6 is 0 Å². The number of sulfone groups is 1. The molecule has 0 aromatic rings. The van der Waals surface area contributed by atoms with Gasteiger partial charge < -0.3 is 5.11 Å². The van der Waals surface area contributed by atoms with Crippen LogP contribution in [0.1, 0.15) is 38.5 Å². The molecule has 0 radical (unpaired) electrons. The van der Waals surface area contributed by atoms with Gasteiger partial charge in [-0.1, -0.05) is 12.8 Å². The van der Waals surface area contributed by atoms with E-state index in [0.29, 0.717) is 5.92 Å². The zero-order valence-electron chi connectivity index (χ0n) is 8.81. The fraction of sp³-hybridized carbons (Fsp3) is 0.900. The lowest BCUT2D eigenvalue weighted by Crippen LogP contribution is -2.17. The lowest BCUT2D eigenvalue weighted by molar-refractivity contribution is -0.137. The van der Waals surface area contributed by atoms with E-state index >= 15 is 0 Å². The maximum absolute atomic E-state index is 11.6. The van der Waals surface area contributed by atoms with Gasteiger partial charge in [0.05, 0.1) is 11.5 Å². The Hall–Kier alpha value is -0.580. The molecule has 1 rings (SSSR count). The first-order valence-corrected chi connectivity index (χ1v) is 7.24. The molecule has 0 atom stereocenters. The van der Waals surface area contributed by atoms with Crippen LogP contribution in [0.4, 0.5) is 0 Å². The molecule has 0 spiro atoms. The summed E-state index contributed by atoms with van der Waals surface area (Å²) in [5.74, 6) is -0.325. The third-order valence-corrected chi connectivity index (χ3v) is 4.70. The molecule has 1 fully saturated rings. The zero-order chi connectivity index (χ0) is 11.3. The summed E-state index contributed by atoms with van der Waals surface area (Å²) in [7, 11) is -3.02. The van der Waals surface area contributed by atoms with Crippen LogP contribution in [0.5, 0.6) is 0 Å². The van der Waals surface area contributed by atoms with Gasteiger partial charge in [0.1, 0.15) is 0 Å². The van der Waals surface area contributed by atoms with E-state index in [1.807, 2.05) is 0 Å². The van der Waals surface area contributed by atoms with Crippen molar-refractivity contribution in [2.24, 2.45) is 5.92 Å². The number of hydrogen-bond donors (Lipinski definition) is 1. The molecular weight excluding hydrogens is 216 g/mol. The van der Waals surface area contributed by atoms with Crippen LogP contribution in [0.2, 0.25) is 0 Å². The van der Waals surface area contributed by atoms with E-state index in [2.05, 4.69) is 0 Å². The summed E-state index contributed by atoms with van der Waals surface area (Å²) in [5.41, 5.74) is 0. The second kappa shape index (κ2) is 5.49. The molecule has 0 aromatic heterocycles. The Morgan fingerprint density at radius 2 is 1.87 bits per heavy atom. The van der Waals surface area contributed by atoms with Crippen molar-refractivity contribution in [3.63, 3.8) is 0 Å². The molecule has 0 aliphatic heterocycles. The minimum Gasteiger partial charge on any atom is -0.481 e. The minimum atomic E-state index is -3.02. The smallest absolute Gasteiger partial charge is 0.303 e. The third-order valence-electron chi connectivity index (χ3n) is 2.81. The largest absolute Gasteiger partial charge is 0.481 e. The second-order valence-electron chi connectivity index (χ2n) is 4.26. The van der Waals surface area contributed by atoms with Crippen LogP contribution in [0.3, 0.4) is 0 Å². The van der Waals surface area contributed by atoms with Crippen molar-refractivity contribution in [2.45, 2.75) is 38.5 Å². The monoisotopic (exact) mass is 234 g/mol. The van der Waals surface area contributed by atoms with Gasteiger partial charge in [-0.15, -0.1) is 0 Å². The SMILES string of the molecule is O=C(O)CCCS(=O)(=O)CC1CCCC1. The van der Waals surface area contributed by atoms with E-state index in [0.717, 1.165) is 25.7 Å². The van der Waals surface area contributed by atoms with Gasteiger partial charge in [0.2, 0.25) is 0 Å². The average molecular weight is 234 g/mol. The molecule has 1 aliphatic rings. The van der Waals surface area contributed by atoms with E-state index in [1.165, 1.54) is 0 Å². The molecule has 88 valence electrons. The van der Waals surface area contributed by atoms with Gasteiger partial charge in [-0.2, -0.15) is 0 Å². The first kappa shape index (κ1) is 12.5. The van der Waals surface area contributed by atoms with Crippen LogP contribution in [0.15, 0.2) is 0 Å². The second-order valence-corrected chi connectivity index (χ2v) is 6.49. The molecule has 0 bridgehead atoms. The standard InChI is InChI=1S/C10H18O4S/c11-10(12)6-3-7-15(13,14)8-9-4-1-2-5-9/h9H,1-8H2,(H,11,12). The van der Waals surface area contributed by atoms with Gasteiger partial charge in [-0.3, -0.25) is 4.79 Å². The van der Waals surface area contributed by atoms with E-state index < -0.39 is 15.8 Å². The predicted molar refractivity (Wildman–Crippen MR) is 57.5 cm³/mol. The van der Waals surface area contributed by atoms with E-state index in [1.54, 1.807) is 0 Å². The maximum Gasteiger partial charge on any atom is 0.303 e. The van der Waals surface area contributed by atoms with Gasteiger partial charge in [0.25, 0.3) is 0 Å². The van der Waals surface area contributed by atoms with Gasteiger partial charge in [0.15, 0.2) is 9.84 Å². The summed E-state index contributed by atoms with van der Waals surface area (Å²) < 4.78 is 23.2. The maximum atomic E-state index is 11.6. The fourth-order valence-corrected chi connectivity index (χ4v) is 3.87. The molecule has 1 aliphatic carbocycles. The number of carboxylic acids is 1. The Morgan fingerprint density at radius 3 is 2.40 bits per heavy atom. The lowest BCUT2D eigenvalue weighted by atomic mass is 10.1. The van der Waals surface area contributed by atoms with E-state index in [9.17, 15) is 13.2 Å². The lowest BCUT2D eigenvalue weighted by Gasteiger charge is -2.08. The van der Waals surface area contributed by atoms with Crippen LogP contribution in [0, 0.1) is 5.92 Å². The normalized spacial score (nSPS) is 18.1. The molecule has 0 aromatic carbocycles. The number of rotatable bonds is 6. The number of aliphatic carboxylic acids is 1. The number of carbonyl (C=O) groups is 1. The average Bonchev–Trinajstić information content (AvgIpc) is 2.54. The zero-order valence-corrected chi connectivity index (χ0v) is 9.63. The van der Waals surface area contributed by atoms with E-state index in [4.69, 9.17) is 5.11 Å². The summed E-state index contributed by atoms with van der Waals surface area (Å²) in [6.45, 7) is 0. The molecule has 0 heterocycles. The molecule has 5 heteroatoms. The molecule has 1 N–H and O–H groups in total. The quantitative estimate of drug-likeness (QED) is 0.755. The highest BCUT2D eigenvalue weighted by Gasteiger charge is 2.22. The Labute approximate surface area is 90.6 Å². The Bertz CT molecular complexity index is 301. The van der Waals surface area contributed by atoms with E-state index in [-0.39, 0.29) is 24.3 Å². The van der Waals surface area contributed by atoms with Crippen molar-refractivity contribution in [2.75, 3.05) is 11.5 Å².